The van der Waals surface area contributed by atoms with Gasteiger partial charge in [0.25, 0.3) is 5.56 Å². The fraction of sp³-hybridized carbons (Fsp3) is 0.412. The first kappa shape index (κ1) is 16.9. The summed E-state index contributed by atoms with van der Waals surface area (Å²) in [5.41, 5.74) is -0.322. The molecule has 3 rings (SSSR count). The van der Waals surface area contributed by atoms with Gasteiger partial charge < -0.3 is 5.32 Å². The van der Waals surface area contributed by atoms with Gasteiger partial charge in [-0.1, -0.05) is 37.3 Å². The monoisotopic (exact) mass is 353 g/mol. The van der Waals surface area contributed by atoms with Crippen LogP contribution in [0.15, 0.2) is 29.2 Å². The van der Waals surface area contributed by atoms with Crippen LogP contribution in [0.3, 0.4) is 0 Å². The first-order valence-electron chi connectivity index (χ1n) is 8.06. The summed E-state index contributed by atoms with van der Waals surface area (Å²) in [7, 11) is 0. The van der Waals surface area contributed by atoms with Gasteiger partial charge in [-0.25, -0.2) is 8.78 Å². The molecule has 128 valence electrons. The fourth-order valence-corrected chi connectivity index (χ4v) is 3.19. The average Bonchev–Trinajstić information content (AvgIpc) is 2.82. The highest BCUT2D eigenvalue weighted by atomic mass is 35.5. The topological polar surface area (TPSA) is 46.9 Å². The van der Waals surface area contributed by atoms with Crippen molar-refractivity contribution in [3.05, 3.63) is 51.4 Å². The second kappa shape index (κ2) is 7.30. The zero-order valence-electron chi connectivity index (χ0n) is 13.1. The third-order valence-corrected chi connectivity index (χ3v) is 4.64. The van der Waals surface area contributed by atoms with Gasteiger partial charge in [0, 0.05) is 12.1 Å². The van der Waals surface area contributed by atoms with Crippen molar-refractivity contribution in [3.63, 3.8) is 0 Å². The summed E-state index contributed by atoms with van der Waals surface area (Å²) in [4.78, 5) is 12.4. The van der Waals surface area contributed by atoms with Crippen LogP contribution in [0.2, 0.25) is 5.02 Å². The van der Waals surface area contributed by atoms with Crippen molar-refractivity contribution < 1.29 is 8.78 Å². The summed E-state index contributed by atoms with van der Waals surface area (Å²) in [5.74, 6) is -1.59. The number of nitrogens with one attached hydrogen (secondary N) is 1. The fourth-order valence-electron chi connectivity index (χ4n) is 3.00. The standard InChI is InChI=1S/C17H18ClF2N3O/c18-16-14(22-12-5-3-1-2-4-6-12)10-21-23(17(16)24)15-8-7-11(19)9-13(15)20/h7-10,12,22H,1-6H2. The normalized spacial score (nSPS) is 16.0. The summed E-state index contributed by atoms with van der Waals surface area (Å²) in [6.45, 7) is 0. The molecule has 0 amide bonds. The van der Waals surface area contributed by atoms with Gasteiger partial charge in [0.05, 0.1) is 11.9 Å². The smallest absolute Gasteiger partial charge is 0.292 e. The Balaban J connectivity index is 1.90. The van der Waals surface area contributed by atoms with E-state index in [0.29, 0.717) is 11.8 Å². The maximum absolute atomic E-state index is 13.9. The Bertz CT molecular complexity index is 786. The zero-order chi connectivity index (χ0) is 17.1. The molecule has 24 heavy (non-hydrogen) atoms. The van der Waals surface area contributed by atoms with Gasteiger partial charge >= 0.3 is 0 Å². The van der Waals surface area contributed by atoms with Gasteiger partial charge in [-0.05, 0) is 25.0 Å². The van der Waals surface area contributed by atoms with Crippen LogP contribution in [0, 0.1) is 11.6 Å². The second-order valence-electron chi connectivity index (χ2n) is 6.02. The molecule has 1 saturated carbocycles. The van der Waals surface area contributed by atoms with Crippen molar-refractivity contribution in [3.8, 4) is 5.69 Å². The van der Waals surface area contributed by atoms with E-state index in [-0.39, 0.29) is 16.8 Å². The Morgan fingerprint density at radius 1 is 1.17 bits per heavy atom. The lowest BCUT2D eigenvalue weighted by molar-refractivity contribution is 0.570. The number of halogens is 3. The van der Waals surface area contributed by atoms with E-state index in [4.69, 9.17) is 11.6 Å². The van der Waals surface area contributed by atoms with Crippen LogP contribution in [-0.2, 0) is 0 Å². The average molecular weight is 354 g/mol. The van der Waals surface area contributed by atoms with Crippen LogP contribution >= 0.6 is 11.6 Å². The van der Waals surface area contributed by atoms with E-state index in [9.17, 15) is 13.6 Å². The van der Waals surface area contributed by atoms with Crippen LogP contribution in [0.5, 0.6) is 0 Å². The van der Waals surface area contributed by atoms with Crippen molar-refractivity contribution >= 4 is 17.3 Å². The van der Waals surface area contributed by atoms with Gasteiger partial charge in [-0.2, -0.15) is 9.78 Å². The molecule has 0 saturated heterocycles. The molecular formula is C17H18ClF2N3O. The van der Waals surface area contributed by atoms with Crippen molar-refractivity contribution in [1.82, 2.24) is 9.78 Å². The third kappa shape index (κ3) is 3.59. The van der Waals surface area contributed by atoms with Gasteiger partial charge in [0.15, 0.2) is 5.82 Å². The number of nitrogens with zero attached hydrogens (tertiary/aromatic N) is 2. The van der Waals surface area contributed by atoms with Gasteiger partial charge in [0.1, 0.15) is 16.5 Å². The van der Waals surface area contributed by atoms with Gasteiger partial charge in [-0.3, -0.25) is 4.79 Å². The molecule has 1 aliphatic rings. The number of hydrogen-bond acceptors (Lipinski definition) is 3. The highest BCUT2D eigenvalue weighted by molar-refractivity contribution is 6.32. The molecule has 7 heteroatoms. The molecule has 2 aromatic rings. The molecule has 1 aromatic heterocycles. The lowest BCUT2D eigenvalue weighted by Gasteiger charge is -2.18. The van der Waals surface area contributed by atoms with Crippen LogP contribution in [-0.4, -0.2) is 15.8 Å². The predicted octanol–water partition coefficient (Wildman–Crippen LogP) is 4.30. The molecule has 1 heterocycles. The third-order valence-electron chi connectivity index (χ3n) is 4.27. The summed E-state index contributed by atoms with van der Waals surface area (Å²) < 4.78 is 27.7. The van der Waals surface area contributed by atoms with E-state index in [2.05, 4.69) is 10.4 Å². The molecular weight excluding hydrogens is 336 g/mol. The van der Waals surface area contributed by atoms with E-state index in [1.807, 2.05) is 0 Å². The lowest BCUT2D eigenvalue weighted by atomic mass is 10.1. The second-order valence-corrected chi connectivity index (χ2v) is 6.40. The van der Waals surface area contributed by atoms with Crippen LogP contribution in [0.25, 0.3) is 5.69 Å². The summed E-state index contributed by atoms with van der Waals surface area (Å²) >= 11 is 6.16. The Labute approximate surface area is 143 Å². The van der Waals surface area contributed by atoms with E-state index < -0.39 is 17.2 Å². The Hall–Kier alpha value is -1.95. The van der Waals surface area contributed by atoms with Crippen molar-refractivity contribution in [2.24, 2.45) is 0 Å². The number of benzene rings is 1. The van der Waals surface area contributed by atoms with E-state index in [0.717, 1.165) is 42.5 Å². The minimum atomic E-state index is -0.870. The SMILES string of the molecule is O=c1c(Cl)c(NC2CCCCCC2)cnn1-c1ccc(F)cc1F. The van der Waals surface area contributed by atoms with Gasteiger partial charge in [-0.15, -0.1) is 0 Å². The molecule has 0 aliphatic heterocycles. The van der Waals surface area contributed by atoms with Crippen molar-refractivity contribution in [2.75, 3.05) is 5.32 Å². The number of hydrogen-bond donors (Lipinski definition) is 1. The van der Waals surface area contributed by atoms with E-state index in [1.165, 1.54) is 19.0 Å². The van der Waals surface area contributed by atoms with E-state index in [1.54, 1.807) is 0 Å². The lowest BCUT2D eigenvalue weighted by Crippen LogP contribution is -2.26. The van der Waals surface area contributed by atoms with Gasteiger partial charge in [0.2, 0.25) is 0 Å². The molecule has 0 radical (unpaired) electrons. The predicted molar refractivity (Wildman–Crippen MR) is 89.9 cm³/mol. The summed E-state index contributed by atoms with van der Waals surface area (Å²) in [5, 5.41) is 7.21. The first-order valence-corrected chi connectivity index (χ1v) is 8.44. The van der Waals surface area contributed by atoms with Crippen LogP contribution in [0.1, 0.15) is 38.5 Å². The Morgan fingerprint density at radius 2 is 1.88 bits per heavy atom. The number of anilines is 1. The molecule has 0 atom stereocenters. The number of aromatic nitrogens is 2. The molecule has 1 N–H and O–H groups in total. The molecule has 1 fully saturated rings. The molecule has 0 spiro atoms. The molecule has 1 aliphatic carbocycles. The van der Waals surface area contributed by atoms with Crippen molar-refractivity contribution in [2.45, 2.75) is 44.6 Å². The summed E-state index contributed by atoms with van der Waals surface area (Å²) in [6, 6.07) is 3.19. The molecule has 0 bridgehead atoms. The largest absolute Gasteiger partial charge is 0.380 e. The van der Waals surface area contributed by atoms with Crippen molar-refractivity contribution in [1.29, 1.82) is 0 Å². The molecule has 4 nitrogen and oxygen atoms in total. The van der Waals surface area contributed by atoms with E-state index >= 15 is 0 Å². The molecule has 1 aromatic carbocycles. The Morgan fingerprint density at radius 3 is 2.54 bits per heavy atom. The first-order chi connectivity index (χ1) is 11.6. The quantitative estimate of drug-likeness (QED) is 0.837. The minimum absolute atomic E-state index is 0.0435. The highest BCUT2D eigenvalue weighted by Gasteiger charge is 2.17. The summed E-state index contributed by atoms with van der Waals surface area (Å²) in [6.07, 6.45) is 8.17. The Kier molecular flexibility index (Phi) is 5.14. The van der Waals surface area contributed by atoms with Crippen LogP contribution in [0.4, 0.5) is 14.5 Å². The molecule has 0 unspecified atom stereocenters. The zero-order valence-corrected chi connectivity index (χ0v) is 13.8. The number of rotatable bonds is 3. The maximum Gasteiger partial charge on any atom is 0.292 e. The maximum atomic E-state index is 13.9. The minimum Gasteiger partial charge on any atom is -0.380 e. The van der Waals surface area contributed by atoms with Crippen LogP contribution < -0.4 is 10.9 Å². The highest BCUT2D eigenvalue weighted by Crippen LogP contribution is 2.24.